The van der Waals surface area contributed by atoms with Gasteiger partial charge in [-0.3, -0.25) is 9.59 Å². The number of carbonyl (C=O) groups excluding carboxylic acids is 2. The molecule has 0 spiro atoms. The number of hydrogen-bond donors (Lipinski definition) is 1. The molecule has 0 radical (unpaired) electrons. The largest absolute Gasteiger partial charge is 0.358 e. The molecular formula is C13H15FN2O2. The first-order chi connectivity index (χ1) is 8.52. The molecule has 0 saturated heterocycles. The van der Waals surface area contributed by atoms with Gasteiger partial charge in [0.25, 0.3) is 0 Å². The van der Waals surface area contributed by atoms with E-state index in [-0.39, 0.29) is 24.2 Å². The van der Waals surface area contributed by atoms with E-state index in [1.807, 2.05) is 0 Å². The lowest BCUT2D eigenvalue weighted by Gasteiger charge is -2.13. The van der Waals surface area contributed by atoms with Gasteiger partial charge < -0.3 is 10.2 Å². The van der Waals surface area contributed by atoms with Crippen molar-refractivity contribution in [2.45, 2.75) is 0 Å². The fourth-order valence-electron chi connectivity index (χ4n) is 1.24. The van der Waals surface area contributed by atoms with Crippen LogP contribution in [-0.2, 0) is 9.59 Å². The topological polar surface area (TPSA) is 49.4 Å². The van der Waals surface area contributed by atoms with Crippen molar-refractivity contribution in [1.82, 2.24) is 10.2 Å². The van der Waals surface area contributed by atoms with Gasteiger partial charge in [0, 0.05) is 20.2 Å². The molecule has 5 heteroatoms. The van der Waals surface area contributed by atoms with Crippen LogP contribution >= 0.6 is 0 Å². The molecule has 0 aliphatic heterocycles. The minimum Gasteiger partial charge on any atom is -0.358 e. The van der Waals surface area contributed by atoms with Crippen molar-refractivity contribution >= 4 is 17.9 Å². The average molecular weight is 250 g/mol. The Hall–Kier alpha value is -2.17. The van der Waals surface area contributed by atoms with E-state index in [0.717, 1.165) is 5.56 Å². The van der Waals surface area contributed by atoms with E-state index in [4.69, 9.17) is 0 Å². The van der Waals surface area contributed by atoms with Gasteiger partial charge in [-0.15, -0.1) is 0 Å². The highest BCUT2D eigenvalue weighted by Crippen LogP contribution is 2.04. The molecule has 18 heavy (non-hydrogen) atoms. The van der Waals surface area contributed by atoms with Crippen LogP contribution in [0.5, 0.6) is 0 Å². The number of carbonyl (C=O) groups is 2. The fourth-order valence-corrected chi connectivity index (χ4v) is 1.24. The van der Waals surface area contributed by atoms with Crippen molar-refractivity contribution in [3.05, 3.63) is 41.7 Å². The van der Waals surface area contributed by atoms with E-state index in [1.165, 1.54) is 37.2 Å². The number of hydrogen-bond acceptors (Lipinski definition) is 2. The highest BCUT2D eigenvalue weighted by atomic mass is 19.1. The third kappa shape index (κ3) is 4.37. The predicted octanol–water partition coefficient (Wildman–Crippen LogP) is 1.04. The van der Waals surface area contributed by atoms with Gasteiger partial charge in [-0.05, 0) is 23.8 Å². The third-order valence-corrected chi connectivity index (χ3v) is 2.32. The maximum absolute atomic E-state index is 12.7. The second-order valence-electron chi connectivity index (χ2n) is 3.75. The summed E-state index contributed by atoms with van der Waals surface area (Å²) in [5.41, 5.74) is 0.720. The molecule has 1 N–H and O–H groups in total. The van der Waals surface area contributed by atoms with Crippen LogP contribution in [0.15, 0.2) is 30.3 Å². The predicted molar refractivity (Wildman–Crippen MR) is 67.1 cm³/mol. The summed E-state index contributed by atoms with van der Waals surface area (Å²) in [5, 5.41) is 2.43. The lowest BCUT2D eigenvalue weighted by Crippen LogP contribution is -2.35. The van der Waals surface area contributed by atoms with E-state index < -0.39 is 0 Å². The van der Waals surface area contributed by atoms with E-state index in [1.54, 1.807) is 18.2 Å². The summed E-state index contributed by atoms with van der Waals surface area (Å²) in [4.78, 5) is 24.0. The highest BCUT2D eigenvalue weighted by Gasteiger charge is 2.08. The van der Waals surface area contributed by atoms with Gasteiger partial charge >= 0.3 is 0 Å². The van der Waals surface area contributed by atoms with Crippen molar-refractivity contribution in [1.29, 1.82) is 0 Å². The Morgan fingerprint density at radius 2 is 1.94 bits per heavy atom. The van der Waals surface area contributed by atoms with Crippen LogP contribution in [0.25, 0.3) is 6.08 Å². The zero-order valence-corrected chi connectivity index (χ0v) is 10.3. The summed E-state index contributed by atoms with van der Waals surface area (Å²) in [7, 11) is 3.04. The molecule has 0 aliphatic carbocycles. The number of rotatable bonds is 4. The molecule has 0 bridgehead atoms. The Morgan fingerprint density at radius 3 is 2.50 bits per heavy atom. The first kappa shape index (κ1) is 13.9. The number of amides is 2. The molecular weight excluding hydrogens is 235 g/mol. The molecule has 0 heterocycles. The van der Waals surface area contributed by atoms with Crippen LogP contribution in [0.1, 0.15) is 5.56 Å². The summed E-state index contributed by atoms with van der Waals surface area (Å²) in [6.07, 6.45) is 2.91. The number of nitrogens with one attached hydrogen (secondary N) is 1. The number of halogens is 1. The van der Waals surface area contributed by atoms with Crippen LogP contribution in [0.3, 0.4) is 0 Å². The monoisotopic (exact) mass is 250 g/mol. The van der Waals surface area contributed by atoms with E-state index >= 15 is 0 Å². The second kappa shape index (κ2) is 6.54. The van der Waals surface area contributed by atoms with Crippen molar-refractivity contribution in [2.24, 2.45) is 0 Å². The number of benzene rings is 1. The molecule has 1 aromatic rings. The summed E-state index contributed by atoms with van der Waals surface area (Å²) < 4.78 is 12.7. The molecule has 1 rings (SSSR count). The zero-order valence-electron chi connectivity index (χ0n) is 10.3. The average Bonchev–Trinajstić information content (AvgIpc) is 2.37. The smallest absolute Gasteiger partial charge is 0.246 e. The Labute approximate surface area is 105 Å². The minimum atomic E-state index is -0.324. The molecule has 0 atom stereocenters. The molecule has 0 fully saturated rings. The minimum absolute atomic E-state index is 0.00307. The van der Waals surface area contributed by atoms with Crippen molar-refractivity contribution in [3.63, 3.8) is 0 Å². The van der Waals surface area contributed by atoms with Crippen molar-refractivity contribution < 1.29 is 14.0 Å². The maximum atomic E-state index is 12.7. The van der Waals surface area contributed by atoms with Gasteiger partial charge in [0.05, 0.1) is 6.54 Å². The molecule has 4 nitrogen and oxygen atoms in total. The summed E-state index contributed by atoms with van der Waals surface area (Å²) >= 11 is 0. The maximum Gasteiger partial charge on any atom is 0.246 e. The SMILES string of the molecule is CNC(=O)CN(C)C(=O)/C=C/c1ccc(F)cc1. The van der Waals surface area contributed by atoms with Gasteiger partial charge in [-0.25, -0.2) is 4.39 Å². The third-order valence-electron chi connectivity index (χ3n) is 2.32. The molecule has 2 amide bonds. The van der Waals surface area contributed by atoms with E-state index in [2.05, 4.69) is 5.32 Å². The van der Waals surface area contributed by atoms with Crippen LogP contribution in [0.4, 0.5) is 4.39 Å². The molecule has 96 valence electrons. The zero-order chi connectivity index (χ0) is 13.5. The van der Waals surface area contributed by atoms with Gasteiger partial charge in [-0.2, -0.15) is 0 Å². The standard InChI is InChI=1S/C13H15FN2O2/c1-15-12(17)9-16(2)13(18)8-5-10-3-6-11(14)7-4-10/h3-8H,9H2,1-2H3,(H,15,17)/b8-5+. The summed E-state index contributed by atoms with van der Waals surface area (Å²) in [5.74, 6) is -0.848. The van der Waals surface area contributed by atoms with Gasteiger partial charge in [0.15, 0.2) is 0 Å². The van der Waals surface area contributed by atoms with Crippen LogP contribution in [-0.4, -0.2) is 37.4 Å². The molecule has 0 unspecified atom stereocenters. The first-order valence-electron chi connectivity index (χ1n) is 5.42. The molecule has 1 aromatic carbocycles. The van der Waals surface area contributed by atoms with E-state index in [9.17, 15) is 14.0 Å². The lowest BCUT2D eigenvalue weighted by atomic mass is 10.2. The van der Waals surface area contributed by atoms with Crippen LogP contribution in [0.2, 0.25) is 0 Å². The van der Waals surface area contributed by atoms with Crippen LogP contribution in [0, 0.1) is 5.82 Å². The fraction of sp³-hybridized carbons (Fsp3) is 0.231. The van der Waals surface area contributed by atoms with E-state index in [0.29, 0.717) is 0 Å². The Balaban J connectivity index is 2.58. The molecule has 0 aromatic heterocycles. The normalized spacial score (nSPS) is 10.4. The Morgan fingerprint density at radius 1 is 1.33 bits per heavy atom. The second-order valence-corrected chi connectivity index (χ2v) is 3.75. The number of likely N-dealkylation sites (N-methyl/N-ethyl adjacent to an activating group) is 2. The van der Waals surface area contributed by atoms with Crippen LogP contribution < -0.4 is 5.32 Å². The Bertz CT molecular complexity index is 455. The molecule has 0 saturated carbocycles. The van der Waals surface area contributed by atoms with Gasteiger partial charge in [0.2, 0.25) is 11.8 Å². The summed E-state index contributed by atoms with van der Waals surface area (Å²) in [6, 6.07) is 5.77. The number of nitrogens with zero attached hydrogens (tertiary/aromatic N) is 1. The quantitative estimate of drug-likeness (QED) is 0.812. The van der Waals surface area contributed by atoms with Crippen molar-refractivity contribution in [2.75, 3.05) is 20.6 Å². The highest BCUT2D eigenvalue weighted by molar-refractivity contribution is 5.94. The van der Waals surface area contributed by atoms with Gasteiger partial charge in [0.1, 0.15) is 5.82 Å². The molecule has 0 aliphatic rings. The van der Waals surface area contributed by atoms with Crippen molar-refractivity contribution in [3.8, 4) is 0 Å². The Kier molecular flexibility index (Phi) is 5.05. The van der Waals surface area contributed by atoms with Gasteiger partial charge in [-0.1, -0.05) is 12.1 Å². The summed E-state index contributed by atoms with van der Waals surface area (Å²) in [6.45, 7) is 0.00307. The lowest BCUT2D eigenvalue weighted by molar-refractivity contribution is -0.130. The first-order valence-corrected chi connectivity index (χ1v) is 5.42.